The molecule has 0 aromatic heterocycles. The summed E-state index contributed by atoms with van der Waals surface area (Å²) in [5.74, 6) is -3.93. The molecular weight excluding hydrogens is 399 g/mol. The van der Waals surface area contributed by atoms with Gasteiger partial charge >= 0.3 is 12.1 Å². The van der Waals surface area contributed by atoms with E-state index in [1.165, 1.54) is 0 Å². The highest BCUT2D eigenvalue weighted by Gasteiger charge is 2.24. The summed E-state index contributed by atoms with van der Waals surface area (Å²) in [6, 6.07) is 6.87. The lowest BCUT2D eigenvalue weighted by atomic mass is 10.0. The Balaban J connectivity index is 2.15. The van der Waals surface area contributed by atoms with Gasteiger partial charge in [-0.15, -0.1) is 0 Å². The van der Waals surface area contributed by atoms with Crippen LogP contribution in [0.1, 0.15) is 38.3 Å². The molecule has 8 heteroatoms. The van der Waals surface area contributed by atoms with Crippen molar-refractivity contribution in [3.05, 3.63) is 65.0 Å². The SMILES string of the molecule is Cc1ccc(OC(=O)C[C@@H](Cc2cc(F)c(F)cc2F)NC(=O)OC(C)(C)C)cc1. The zero-order chi connectivity index (χ0) is 22.5. The maximum absolute atomic E-state index is 14.1. The Kier molecular flexibility index (Phi) is 7.48. The van der Waals surface area contributed by atoms with Crippen molar-refractivity contribution in [2.45, 2.75) is 52.2 Å². The van der Waals surface area contributed by atoms with Crippen LogP contribution < -0.4 is 10.1 Å². The van der Waals surface area contributed by atoms with Gasteiger partial charge in [-0.2, -0.15) is 0 Å². The zero-order valence-corrected chi connectivity index (χ0v) is 17.2. The Morgan fingerprint density at radius 2 is 1.60 bits per heavy atom. The first-order chi connectivity index (χ1) is 13.9. The molecule has 0 heterocycles. The summed E-state index contributed by atoms with van der Waals surface area (Å²) in [4.78, 5) is 24.5. The van der Waals surface area contributed by atoms with E-state index in [4.69, 9.17) is 9.47 Å². The van der Waals surface area contributed by atoms with E-state index in [2.05, 4.69) is 5.32 Å². The first kappa shape index (κ1) is 23.3. The molecule has 0 unspecified atom stereocenters. The highest BCUT2D eigenvalue weighted by molar-refractivity contribution is 5.75. The van der Waals surface area contributed by atoms with Crippen LogP contribution in [-0.2, 0) is 16.0 Å². The van der Waals surface area contributed by atoms with Gasteiger partial charge in [-0.05, 0) is 57.9 Å². The van der Waals surface area contributed by atoms with E-state index in [1.54, 1.807) is 45.0 Å². The van der Waals surface area contributed by atoms with E-state index in [-0.39, 0.29) is 18.4 Å². The molecule has 0 aliphatic heterocycles. The monoisotopic (exact) mass is 423 g/mol. The summed E-state index contributed by atoms with van der Waals surface area (Å²) in [7, 11) is 0. The van der Waals surface area contributed by atoms with Crippen LogP contribution in [0.4, 0.5) is 18.0 Å². The lowest BCUT2D eigenvalue weighted by Crippen LogP contribution is -2.42. The molecule has 1 N–H and O–H groups in total. The number of alkyl carbamates (subject to hydrolysis) is 1. The van der Waals surface area contributed by atoms with Gasteiger partial charge in [0.1, 0.15) is 17.2 Å². The van der Waals surface area contributed by atoms with Gasteiger partial charge in [-0.1, -0.05) is 17.7 Å². The van der Waals surface area contributed by atoms with Gasteiger partial charge in [0.05, 0.1) is 6.42 Å². The molecule has 0 saturated carbocycles. The molecule has 0 saturated heterocycles. The second-order valence-corrected chi connectivity index (χ2v) is 7.90. The molecule has 0 fully saturated rings. The van der Waals surface area contributed by atoms with Crippen molar-refractivity contribution in [2.24, 2.45) is 0 Å². The third-order valence-electron chi connectivity index (χ3n) is 3.94. The first-order valence-corrected chi connectivity index (χ1v) is 9.33. The molecule has 0 aliphatic rings. The standard InChI is InChI=1S/C22H24F3NO4/c1-13-5-7-16(8-6-13)29-20(27)11-15(26-21(28)30-22(2,3)4)9-14-10-18(24)19(25)12-17(14)23/h5-8,10,12,15H,9,11H2,1-4H3,(H,26,28)/t15-/m1/s1. The van der Waals surface area contributed by atoms with Gasteiger partial charge in [-0.3, -0.25) is 4.79 Å². The van der Waals surface area contributed by atoms with Crippen molar-refractivity contribution in [3.8, 4) is 5.75 Å². The summed E-state index contributed by atoms with van der Waals surface area (Å²) < 4.78 is 51.2. The molecule has 2 aromatic rings. The summed E-state index contributed by atoms with van der Waals surface area (Å²) in [6.45, 7) is 6.84. The number of amides is 1. The van der Waals surface area contributed by atoms with Crippen molar-refractivity contribution >= 4 is 12.1 Å². The van der Waals surface area contributed by atoms with Crippen LogP contribution in [0.2, 0.25) is 0 Å². The minimum Gasteiger partial charge on any atom is -0.444 e. The second-order valence-electron chi connectivity index (χ2n) is 7.90. The molecule has 5 nitrogen and oxygen atoms in total. The van der Waals surface area contributed by atoms with Crippen LogP contribution in [-0.4, -0.2) is 23.7 Å². The van der Waals surface area contributed by atoms with Crippen molar-refractivity contribution in [2.75, 3.05) is 0 Å². The number of aryl methyl sites for hydroxylation is 1. The van der Waals surface area contributed by atoms with E-state index in [1.807, 2.05) is 6.92 Å². The average molecular weight is 423 g/mol. The number of carbonyl (C=O) groups excluding carboxylic acids is 2. The van der Waals surface area contributed by atoms with Crippen molar-refractivity contribution in [3.63, 3.8) is 0 Å². The van der Waals surface area contributed by atoms with Gasteiger partial charge in [0.15, 0.2) is 11.6 Å². The number of hydrogen-bond acceptors (Lipinski definition) is 4. The average Bonchev–Trinajstić information content (AvgIpc) is 2.59. The Morgan fingerprint density at radius 3 is 2.20 bits per heavy atom. The predicted molar refractivity (Wildman–Crippen MR) is 105 cm³/mol. The summed E-state index contributed by atoms with van der Waals surface area (Å²) in [5.41, 5.74) is -0.0178. The topological polar surface area (TPSA) is 64.6 Å². The first-order valence-electron chi connectivity index (χ1n) is 9.33. The smallest absolute Gasteiger partial charge is 0.407 e. The molecule has 30 heavy (non-hydrogen) atoms. The molecule has 0 spiro atoms. The Hall–Kier alpha value is -3.03. The fourth-order valence-electron chi connectivity index (χ4n) is 2.61. The molecule has 1 amide bonds. The zero-order valence-electron chi connectivity index (χ0n) is 17.2. The molecule has 0 aliphatic carbocycles. The number of halogens is 3. The van der Waals surface area contributed by atoms with Gasteiger partial charge in [0.25, 0.3) is 0 Å². The molecule has 2 rings (SSSR count). The van der Waals surface area contributed by atoms with Gasteiger partial charge in [-0.25, -0.2) is 18.0 Å². The molecule has 0 bridgehead atoms. The van der Waals surface area contributed by atoms with Crippen LogP contribution in [0, 0.1) is 24.4 Å². The summed E-state index contributed by atoms with van der Waals surface area (Å²) in [6.07, 6.45) is -1.45. The van der Waals surface area contributed by atoms with Crippen LogP contribution in [0.25, 0.3) is 0 Å². The summed E-state index contributed by atoms with van der Waals surface area (Å²) in [5, 5.41) is 2.46. The number of carbonyl (C=O) groups is 2. The van der Waals surface area contributed by atoms with E-state index in [0.29, 0.717) is 17.9 Å². The molecular formula is C22H24F3NO4. The van der Waals surface area contributed by atoms with Crippen molar-refractivity contribution in [1.29, 1.82) is 0 Å². The minimum atomic E-state index is -1.33. The van der Waals surface area contributed by atoms with Crippen LogP contribution >= 0.6 is 0 Å². The number of benzene rings is 2. The van der Waals surface area contributed by atoms with Crippen molar-refractivity contribution in [1.82, 2.24) is 5.32 Å². The molecule has 2 aromatic carbocycles. The molecule has 1 atom stereocenters. The molecule has 0 radical (unpaired) electrons. The maximum atomic E-state index is 14.1. The highest BCUT2D eigenvalue weighted by Crippen LogP contribution is 2.18. The van der Waals surface area contributed by atoms with Crippen molar-refractivity contribution < 1.29 is 32.2 Å². The van der Waals surface area contributed by atoms with E-state index >= 15 is 0 Å². The fraction of sp³-hybridized carbons (Fsp3) is 0.364. The van der Waals surface area contributed by atoms with Gasteiger partial charge in [0, 0.05) is 12.1 Å². The molecule has 162 valence electrons. The predicted octanol–water partition coefficient (Wildman–Crippen LogP) is 4.84. The van der Waals surface area contributed by atoms with Crippen LogP contribution in [0.3, 0.4) is 0 Å². The minimum absolute atomic E-state index is 0.196. The van der Waals surface area contributed by atoms with Gasteiger partial charge in [0.2, 0.25) is 0 Å². The lowest BCUT2D eigenvalue weighted by molar-refractivity contribution is -0.134. The lowest BCUT2D eigenvalue weighted by Gasteiger charge is -2.23. The Morgan fingerprint density at radius 1 is 1.00 bits per heavy atom. The number of ether oxygens (including phenoxy) is 2. The third-order valence-corrected chi connectivity index (χ3v) is 3.94. The largest absolute Gasteiger partial charge is 0.444 e. The Bertz CT molecular complexity index is 908. The fourth-order valence-corrected chi connectivity index (χ4v) is 2.61. The highest BCUT2D eigenvalue weighted by atomic mass is 19.2. The van der Waals surface area contributed by atoms with E-state index in [9.17, 15) is 22.8 Å². The van der Waals surface area contributed by atoms with Gasteiger partial charge < -0.3 is 14.8 Å². The quantitative estimate of drug-likeness (QED) is 0.410. The maximum Gasteiger partial charge on any atom is 0.407 e. The number of esters is 1. The van der Waals surface area contributed by atoms with E-state index < -0.39 is 41.2 Å². The number of hydrogen-bond donors (Lipinski definition) is 1. The Labute approximate surface area is 173 Å². The van der Waals surface area contributed by atoms with Crippen LogP contribution in [0.15, 0.2) is 36.4 Å². The number of rotatable bonds is 6. The van der Waals surface area contributed by atoms with E-state index in [0.717, 1.165) is 5.56 Å². The number of nitrogens with one attached hydrogen (secondary N) is 1. The third kappa shape index (κ3) is 7.42. The van der Waals surface area contributed by atoms with Crippen LogP contribution in [0.5, 0.6) is 5.75 Å². The summed E-state index contributed by atoms with van der Waals surface area (Å²) >= 11 is 0. The normalized spacial score (nSPS) is 12.2. The second kappa shape index (κ2) is 9.65.